The highest BCUT2D eigenvalue weighted by Crippen LogP contribution is 2.40. The van der Waals surface area contributed by atoms with E-state index in [9.17, 15) is 30.7 Å². The Hall–Kier alpha value is -9.80. The smallest absolute Gasteiger partial charge is 0.130 e. The van der Waals surface area contributed by atoms with Gasteiger partial charge >= 0.3 is 0 Å². The van der Waals surface area contributed by atoms with Gasteiger partial charge in [-0.3, -0.25) is 0 Å². The molecule has 0 aliphatic heterocycles. The van der Waals surface area contributed by atoms with E-state index in [2.05, 4.69) is 139 Å². The minimum Gasteiger partial charge on any atom is -0.496 e. The van der Waals surface area contributed by atoms with Crippen LogP contribution in [0.1, 0.15) is 139 Å². The second kappa shape index (κ2) is 51.9. The quantitative estimate of drug-likeness (QED) is 0.0525. The molecule has 0 fully saturated rings. The van der Waals surface area contributed by atoms with Gasteiger partial charge in [-0.25, -0.2) is 30.7 Å². The Kier molecular flexibility index (Phi) is 42.5. The van der Waals surface area contributed by atoms with E-state index in [1.54, 1.807) is 98.3 Å². The Labute approximate surface area is 804 Å². The van der Waals surface area contributed by atoms with Crippen LogP contribution in [0.2, 0.25) is 0 Å². The van der Waals surface area contributed by atoms with Gasteiger partial charge in [0.15, 0.2) is 0 Å². The lowest BCUT2D eigenvalue weighted by atomic mass is 9.80. The first-order chi connectivity index (χ1) is 63.5. The first-order valence-corrected chi connectivity index (χ1v) is 50.8. The summed E-state index contributed by atoms with van der Waals surface area (Å²) in [7, 11) is 13.5. The fourth-order valence-electron chi connectivity index (χ4n) is 14.1. The van der Waals surface area contributed by atoms with Crippen molar-refractivity contribution in [2.24, 2.45) is 0 Å². The van der Waals surface area contributed by atoms with Crippen LogP contribution < -0.4 is 107 Å². The highest BCUT2D eigenvalue weighted by Gasteiger charge is 2.28. The average molecular weight is 1950 g/mol. The molecule has 0 amide bonds. The number of aryl methyl sites for hydroxylation is 6. The number of ether oxygens (including phenoxy) is 7. The molecular weight excluding hydrogens is 1820 g/mol. The van der Waals surface area contributed by atoms with Crippen LogP contribution in [0.4, 0.5) is 30.7 Å². The van der Waals surface area contributed by atoms with Crippen LogP contribution in [0, 0.1) is 82.3 Å². The van der Waals surface area contributed by atoms with Gasteiger partial charge in [-0.2, -0.15) is 0 Å². The Bertz CT molecular complexity index is 6110. The number of hydrogen-bond acceptors (Lipinski definition) is 7. The molecule has 0 saturated carbocycles. The molecule has 0 saturated heterocycles. The third kappa shape index (κ3) is 32.4. The van der Waals surface area contributed by atoms with Crippen molar-refractivity contribution < 1.29 is 63.9 Å². The second-order valence-electron chi connectivity index (χ2n) is 35.8. The monoisotopic (exact) mass is 1950 g/mol. The molecule has 7 atom stereocenters. The van der Waals surface area contributed by atoms with E-state index in [1.807, 2.05) is 174 Å². The highest BCUT2D eigenvalue weighted by molar-refractivity contribution is 7.57. The van der Waals surface area contributed by atoms with E-state index < -0.39 is 0 Å². The molecule has 7 nitrogen and oxygen atoms in total. The first-order valence-electron chi connectivity index (χ1n) is 43.8. The number of halogens is 7. The summed E-state index contributed by atoms with van der Waals surface area (Å²) in [5.74, 6) is 4.88. The number of para-hydroxylation sites is 2. The molecule has 0 aromatic heterocycles. The van der Waals surface area contributed by atoms with Gasteiger partial charge < -0.3 is 33.2 Å². The van der Waals surface area contributed by atoms with Crippen LogP contribution in [0.25, 0.3) is 0 Å². The van der Waals surface area contributed by atoms with E-state index in [0.717, 1.165) is 131 Å². The summed E-state index contributed by atoms with van der Waals surface area (Å²) in [6.07, 6.45) is 0. The molecule has 0 spiro atoms. The van der Waals surface area contributed by atoms with E-state index in [0.29, 0.717) is 5.30 Å². The lowest BCUT2D eigenvalue weighted by Gasteiger charge is -2.29. The molecule has 134 heavy (non-hydrogen) atoms. The van der Waals surface area contributed by atoms with Crippen molar-refractivity contribution in [3.63, 3.8) is 0 Å². The zero-order chi connectivity index (χ0) is 98.4. The van der Waals surface area contributed by atoms with Gasteiger partial charge in [-0.15, -0.1) is 0 Å². The van der Waals surface area contributed by atoms with Crippen molar-refractivity contribution in [1.82, 2.24) is 0 Å². The average Bonchev–Trinajstić information content (AvgIpc) is 0.774. The molecule has 0 bridgehead atoms. The maximum atomic E-state index is 14.1. The van der Waals surface area contributed by atoms with Crippen LogP contribution in [0.3, 0.4) is 0 Å². The first kappa shape index (κ1) is 110. The van der Waals surface area contributed by atoms with E-state index in [4.69, 9.17) is 33.2 Å². The molecule has 14 rings (SSSR count). The number of benzene rings is 14. The third-order valence-corrected chi connectivity index (χ3v) is 30.4. The lowest BCUT2D eigenvalue weighted by Crippen LogP contribution is -2.22. The summed E-state index contributed by atoms with van der Waals surface area (Å²) >= 11 is 0. The summed E-state index contributed by atoms with van der Waals surface area (Å²) in [6.45, 7) is 38.4. The zero-order valence-electron chi connectivity index (χ0n) is 81.6. The summed E-state index contributed by atoms with van der Waals surface area (Å²) in [5, 5.41) is 12.4. The normalized spacial score (nSPS) is 11.7. The van der Waals surface area contributed by atoms with E-state index >= 15 is 0 Å². The van der Waals surface area contributed by atoms with Crippen molar-refractivity contribution in [2.75, 3.05) is 49.8 Å². The van der Waals surface area contributed by atoms with Crippen LogP contribution in [0.15, 0.2) is 279 Å². The van der Waals surface area contributed by atoms with Gasteiger partial charge in [0.1, 0.15) is 81.0 Å². The predicted octanol–water partition coefficient (Wildman–Crippen LogP) is 24.3. The van der Waals surface area contributed by atoms with Crippen molar-refractivity contribution >= 4 is 134 Å². The molecular formula is C113H128F7O7P7. The second-order valence-corrected chi connectivity index (χ2v) is 45.1. The van der Waals surface area contributed by atoms with E-state index in [1.165, 1.54) is 75.8 Å². The van der Waals surface area contributed by atoms with Crippen molar-refractivity contribution in [1.29, 1.82) is 0 Å². The van der Waals surface area contributed by atoms with Gasteiger partial charge in [-0.1, -0.05) is 343 Å². The molecule has 0 heterocycles. The van der Waals surface area contributed by atoms with Gasteiger partial charge in [-0.05, 0) is 187 Å². The van der Waals surface area contributed by atoms with Gasteiger partial charge in [0.25, 0.3) is 0 Å². The summed E-state index contributed by atoms with van der Waals surface area (Å²) < 4.78 is 135. The zero-order valence-corrected chi connectivity index (χ0v) is 88.6. The summed E-state index contributed by atoms with van der Waals surface area (Å²) in [5.41, 5.74) is 11.7. The largest absolute Gasteiger partial charge is 0.496 e. The molecule has 0 N–H and O–H groups in total. The molecule has 7 unspecified atom stereocenters. The van der Waals surface area contributed by atoms with Gasteiger partial charge in [0.05, 0.1) is 49.8 Å². The fraction of sp³-hybridized carbons (Fsp3) is 0.257. The van der Waals surface area contributed by atoms with Crippen LogP contribution in [0.5, 0.6) is 40.2 Å². The Morgan fingerprint density at radius 3 is 0.784 bits per heavy atom. The molecule has 14 aromatic rings. The number of rotatable bonds is 21. The van der Waals surface area contributed by atoms with Crippen molar-refractivity contribution in [3.05, 3.63) is 375 Å². The molecule has 14 aromatic carbocycles. The van der Waals surface area contributed by atoms with Gasteiger partial charge in [0.2, 0.25) is 0 Å². The maximum Gasteiger partial charge on any atom is 0.130 e. The van der Waals surface area contributed by atoms with Crippen LogP contribution in [-0.2, 0) is 21.7 Å². The van der Waals surface area contributed by atoms with Crippen LogP contribution in [-0.4, -0.2) is 49.8 Å². The predicted molar refractivity (Wildman–Crippen MR) is 572 cm³/mol. The summed E-state index contributed by atoms with van der Waals surface area (Å²) in [6, 6.07) is 85.1. The molecule has 706 valence electrons. The SMILES string of the molecule is COc1c(C)cc(C(C)(C)C)cc1Pc1ccccc1F.COc1c(C)cc(C)cc1Pc1ccccc1F.COc1c(C)cccc1Pc1ccccc1F.COc1c(Pc2ccccc2F)cc(C(C)(C)C)cc1C(C)(C)C.COc1c(Pc2ccccc2F)cc(C)cc1C(C)(C)C.COc1ccc(C)cc1Pc1ccccc1F.COc1ccccc1Pc1ccccc1F. The standard InChI is InChI=1S/C21H28FOP.2C18H22FOP.C15H16FOP.2C14H14FOP.C13H12FOP/c1-20(2,3)14-12-15(21(4,5)6)19(23-7)18(13-14)24-17-11-9-8-10-16(17)22;1-12-10-13(18(2,3)4)11-16(17(12)20-5)21-15-9-7-6-8-14(15)19;1-12-10-13(18(2,3)4)17(20-5)16(11-12)21-15-9-7-6-8-14(15)19;1-10-8-11(2)15(17-3)14(9-10)18-13-7-5-4-6-12(13)16;1-10-6-5-9-13(14(10)16-2)17-12-8-4-3-7-11(12)15;1-10-7-8-12(16-2)14(9-10)17-13-6-4-3-5-11(13)15;1-15-11-7-3-5-9-13(11)16-12-8-4-2-6-10(12)14/h8-13,24H,1-7H3;2*6-11,21H,1-5H3;4-9,18H,1-3H3;2*3-9,17H,1-2H3;2-9,16H,1H3. The fourth-order valence-corrected chi connectivity index (χ4v) is 23.1. The number of methoxy groups -OCH3 is 7. The van der Waals surface area contributed by atoms with Crippen molar-refractivity contribution in [2.45, 2.75) is 146 Å². The van der Waals surface area contributed by atoms with Crippen molar-refractivity contribution in [3.8, 4) is 40.2 Å². The Morgan fingerprint density at radius 1 is 0.187 bits per heavy atom. The summed E-state index contributed by atoms with van der Waals surface area (Å²) in [4.78, 5) is 0. The maximum absolute atomic E-state index is 14.1. The molecule has 0 radical (unpaired) electrons. The molecule has 0 aliphatic rings. The van der Waals surface area contributed by atoms with E-state index in [-0.39, 0.29) is 122 Å². The molecule has 0 aliphatic carbocycles. The number of hydrogen-bond donors (Lipinski definition) is 0. The minimum absolute atomic E-state index is 0.00811. The van der Waals surface area contributed by atoms with Crippen LogP contribution >= 0.6 is 60.1 Å². The van der Waals surface area contributed by atoms with Gasteiger partial charge in [0, 0.05) is 85.4 Å². The minimum atomic E-state index is -0.160. The topological polar surface area (TPSA) is 64.6 Å². The lowest BCUT2D eigenvalue weighted by molar-refractivity contribution is 0.400. The Balaban J connectivity index is 0.000000193. The Morgan fingerprint density at radius 2 is 0.440 bits per heavy atom. The highest BCUT2D eigenvalue weighted by atomic mass is 31.1. The molecule has 21 heteroatoms. The third-order valence-electron chi connectivity index (χ3n) is 21.1.